The van der Waals surface area contributed by atoms with E-state index in [-0.39, 0.29) is 5.60 Å². The van der Waals surface area contributed by atoms with Crippen LogP contribution in [0.2, 0.25) is 0 Å². The van der Waals surface area contributed by atoms with E-state index in [9.17, 15) is 0 Å². The van der Waals surface area contributed by atoms with Gasteiger partial charge in [0.05, 0.1) is 11.7 Å². The Hall–Kier alpha value is -0.380. The molecule has 1 heterocycles. The number of ether oxygens (including phenoxy) is 1. The second-order valence-electron chi connectivity index (χ2n) is 5.69. The molecule has 1 aromatic rings. The molecule has 0 aliphatic carbocycles. The van der Waals surface area contributed by atoms with Gasteiger partial charge >= 0.3 is 0 Å². The van der Waals surface area contributed by atoms with Crippen LogP contribution in [0.4, 0.5) is 0 Å². The topological polar surface area (TPSA) is 21.3 Å². The monoisotopic (exact) mass is 311 g/mol. The molecule has 0 spiro atoms. The number of benzene rings is 1. The van der Waals surface area contributed by atoms with Gasteiger partial charge in [0, 0.05) is 17.1 Å². The zero-order valence-corrected chi connectivity index (χ0v) is 13.0. The van der Waals surface area contributed by atoms with E-state index in [0.29, 0.717) is 12.1 Å². The zero-order valence-electron chi connectivity index (χ0n) is 11.4. The lowest BCUT2D eigenvalue weighted by atomic mass is 10.1. The maximum atomic E-state index is 5.99. The number of halogens is 1. The van der Waals surface area contributed by atoms with E-state index in [1.165, 1.54) is 5.56 Å². The van der Waals surface area contributed by atoms with Crippen LogP contribution in [0.1, 0.15) is 45.2 Å². The Morgan fingerprint density at radius 2 is 2.17 bits per heavy atom. The second kappa shape index (κ2) is 5.72. The SMILES string of the molecule is C[C@@H](NCC1CCC(C)(C)O1)c1ccccc1Br. The van der Waals surface area contributed by atoms with Gasteiger partial charge in [0.1, 0.15) is 0 Å². The Morgan fingerprint density at radius 1 is 1.44 bits per heavy atom. The Kier molecular flexibility index (Phi) is 4.46. The highest BCUT2D eigenvalue weighted by molar-refractivity contribution is 9.10. The predicted octanol–water partition coefficient (Wildman–Crippen LogP) is 4.06. The van der Waals surface area contributed by atoms with Gasteiger partial charge in [0.15, 0.2) is 0 Å². The molecular weight excluding hydrogens is 290 g/mol. The molecule has 1 unspecified atom stereocenters. The summed E-state index contributed by atoms with van der Waals surface area (Å²) >= 11 is 3.60. The summed E-state index contributed by atoms with van der Waals surface area (Å²) in [7, 11) is 0. The summed E-state index contributed by atoms with van der Waals surface area (Å²) in [5.41, 5.74) is 1.36. The molecule has 3 heteroatoms. The molecule has 1 saturated heterocycles. The van der Waals surface area contributed by atoms with Crippen molar-refractivity contribution in [2.24, 2.45) is 0 Å². The largest absolute Gasteiger partial charge is 0.371 e. The molecule has 100 valence electrons. The Morgan fingerprint density at radius 3 is 2.78 bits per heavy atom. The average molecular weight is 312 g/mol. The Bertz CT molecular complexity index is 405. The number of rotatable bonds is 4. The summed E-state index contributed by atoms with van der Waals surface area (Å²) in [6.07, 6.45) is 2.66. The van der Waals surface area contributed by atoms with Gasteiger partial charge in [-0.3, -0.25) is 0 Å². The normalized spacial score (nSPS) is 24.1. The van der Waals surface area contributed by atoms with Crippen molar-refractivity contribution in [3.05, 3.63) is 34.3 Å². The minimum Gasteiger partial charge on any atom is -0.371 e. The minimum atomic E-state index is 0.0584. The fourth-order valence-corrected chi connectivity index (χ4v) is 3.09. The molecule has 1 fully saturated rings. The summed E-state index contributed by atoms with van der Waals surface area (Å²) in [5, 5.41) is 3.56. The third kappa shape index (κ3) is 3.56. The highest BCUT2D eigenvalue weighted by Gasteiger charge is 2.31. The molecule has 1 aromatic carbocycles. The van der Waals surface area contributed by atoms with Crippen molar-refractivity contribution in [1.82, 2.24) is 5.32 Å². The first-order valence-electron chi connectivity index (χ1n) is 6.63. The van der Waals surface area contributed by atoms with Gasteiger partial charge in [0.25, 0.3) is 0 Å². The summed E-state index contributed by atoms with van der Waals surface area (Å²) in [6, 6.07) is 8.70. The quantitative estimate of drug-likeness (QED) is 0.905. The van der Waals surface area contributed by atoms with Gasteiger partial charge in [-0.15, -0.1) is 0 Å². The molecule has 1 N–H and O–H groups in total. The lowest BCUT2D eigenvalue weighted by Gasteiger charge is -2.22. The van der Waals surface area contributed by atoms with Crippen molar-refractivity contribution >= 4 is 15.9 Å². The van der Waals surface area contributed by atoms with Crippen molar-refractivity contribution in [2.75, 3.05) is 6.54 Å². The number of nitrogens with one attached hydrogen (secondary N) is 1. The molecule has 0 saturated carbocycles. The van der Waals surface area contributed by atoms with Crippen molar-refractivity contribution in [1.29, 1.82) is 0 Å². The number of hydrogen-bond donors (Lipinski definition) is 1. The van der Waals surface area contributed by atoms with E-state index >= 15 is 0 Å². The van der Waals surface area contributed by atoms with E-state index in [0.717, 1.165) is 23.9 Å². The van der Waals surface area contributed by atoms with Crippen LogP contribution in [-0.4, -0.2) is 18.2 Å². The van der Waals surface area contributed by atoms with E-state index in [4.69, 9.17) is 4.74 Å². The Labute approximate surface area is 118 Å². The molecule has 0 bridgehead atoms. The molecule has 2 nitrogen and oxygen atoms in total. The first-order chi connectivity index (χ1) is 8.48. The maximum absolute atomic E-state index is 5.99. The van der Waals surface area contributed by atoms with Crippen molar-refractivity contribution in [3.8, 4) is 0 Å². The fourth-order valence-electron chi connectivity index (χ4n) is 2.47. The standard InChI is InChI=1S/C15H22BrNO/c1-11(13-6-4-5-7-14(13)16)17-10-12-8-9-15(2,3)18-12/h4-7,11-12,17H,8-10H2,1-3H3/t11-,12?/m1/s1. The van der Waals surface area contributed by atoms with E-state index < -0.39 is 0 Å². The molecular formula is C15H22BrNO. The van der Waals surface area contributed by atoms with E-state index in [1.807, 2.05) is 6.07 Å². The lowest BCUT2D eigenvalue weighted by Crippen LogP contribution is -2.31. The van der Waals surface area contributed by atoms with Crippen LogP contribution < -0.4 is 5.32 Å². The predicted molar refractivity (Wildman–Crippen MR) is 78.7 cm³/mol. The molecule has 18 heavy (non-hydrogen) atoms. The molecule has 0 radical (unpaired) electrons. The third-order valence-electron chi connectivity index (χ3n) is 3.58. The van der Waals surface area contributed by atoms with Crippen molar-refractivity contribution in [2.45, 2.75) is 51.4 Å². The molecule has 0 aromatic heterocycles. The van der Waals surface area contributed by atoms with Crippen LogP contribution in [-0.2, 0) is 4.74 Å². The van der Waals surface area contributed by atoms with Gasteiger partial charge in [-0.25, -0.2) is 0 Å². The molecule has 2 rings (SSSR count). The van der Waals surface area contributed by atoms with Crippen LogP contribution in [0.5, 0.6) is 0 Å². The van der Waals surface area contributed by atoms with Crippen molar-refractivity contribution < 1.29 is 4.74 Å². The zero-order chi connectivity index (χ0) is 13.2. The first kappa shape index (κ1) is 14.0. The van der Waals surface area contributed by atoms with Crippen LogP contribution in [0.3, 0.4) is 0 Å². The molecule has 1 aliphatic rings. The summed E-state index contributed by atoms with van der Waals surface area (Å²) in [6.45, 7) is 7.46. The van der Waals surface area contributed by atoms with E-state index in [2.05, 4.69) is 60.2 Å². The molecule has 0 amide bonds. The summed E-state index contributed by atoms with van der Waals surface area (Å²) < 4.78 is 7.16. The highest BCUT2D eigenvalue weighted by atomic mass is 79.9. The van der Waals surface area contributed by atoms with Crippen LogP contribution >= 0.6 is 15.9 Å². The Balaban J connectivity index is 1.86. The fraction of sp³-hybridized carbons (Fsp3) is 0.600. The van der Waals surface area contributed by atoms with E-state index in [1.54, 1.807) is 0 Å². The molecule has 2 atom stereocenters. The maximum Gasteiger partial charge on any atom is 0.0708 e. The first-order valence-corrected chi connectivity index (χ1v) is 7.43. The van der Waals surface area contributed by atoms with Crippen LogP contribution in [0.25, 0.3) is 0 Å². The van der Waals surface area contributed by atoms with Gasteiger partial charge in [-0.1, -0.05) is 34.1 Å². The highest BCUT2D eigenvalue weighted by Crippen LogP contribution is 2.29. The smallest absolute Gasteiger partial charge is 0.0708 e. The molecule has 1 aliphatic heterocycles. The van der Waals surface area contributed by atoms with Gasteiger partial charge in [0.2, 0.25) is 0 Å². The van der Waals surface area contributed by atoms with Gasteiger partial charge < -0.3 is 10.1 Å². The summed E-state index contributed by atoms with van der Waals surface area (Å²) in [5.74, 6) is 0. The van der Waals surface area contributed by atoms with Crippen LogP contribution in [0, 0.1) is 0 Å². The van der Waals surface area contributed by atoms with Gasteiger partial charge in [-0.2, -0.15) is 0 Å². The van der Waals surface area contributed by atoms with Gasteiger partial charge in [-0.05, 0) is 45.2 Å². The minimum absolute atomic E-state index is 0.0584. The third-order valence-corrected chi connectivity index (χ3v) is 4.30. The summed E-state index contributed by atoms with van der Waals surface area (Å²) in [4.78, 5) is 0. The van der Waals surface area contributed by atoms with Crippen molar-refractivity contribution in [3.63, 3.8) is 0 Å². The average Bonchev–Trinajstić information content (AvgIpc) is 2.66. The van der Waals surface area contributed by atoms with Crippen LogP contribution in [0.15, 0.2) is 28.7 Å². The number of hydrogen-bond acceptors (Lipinski definition) is 2. The lowest BCUT2D eigenvalue weighted by molar-refractivity contribution is -0.0150. The second-order valence-corrected chi connectivity index (χ2v) is 6.54.